The molecule has 35 heavy (non-hydrogen) atoms. The van der Waals surface area contributed by atoms with Crippen molar-refractivity contribution in [3.05, 3.63) is 76.7 Å². The number of nitrogens with zero attached hydrogens (tertiary/aromatic N) is 3. The average Bonchev–Trinajstić information content (AvgIpc) is 3.60. The van der Waals surface area contributed by atoms with Gasteiger partial charge < -0.3 is 15.7 Å². The first-order valence-corrected chi connectivity index (χ1v) is 12.1. The van der Waals surface area contributed by atoms with E-state index in [0.29, 0.717) is 21.5 Å². The third-order valence-corrected chi connectivity index (χ3v) is 6.83. The van der Waals surface area contributed by atoms with E-state index in [4.69, 9.17) is 0 Å². The van der Waals surface area contributed by atoms with E-state index in [9.17, 15) is 19.5 Å². The Labute approximate surface area is 205 Å². The molecule has 1 fully saturated rings. The standard InChI is InChI=1S/C25H23N5O4S/c31-22(17-9-7-16(8-10-17)15-29-12-3-4-13-29)26-20-6-2-1-5-18(20)23(32)27-21-19-11-14-35-24(19)30(28-21)25(33)34/h1-2,5-11,14H,3-4,12-13,15H2,(H,26,31)(H,33,34)(H,27,28,32). The predicted octanol–water partition coefficient (Wildman–Crippen LogP) is 4.72. The van der Waals surface area contributed by atoms with Gasteiger partial charge in [-0.15, -0.1) is 16.4 Å². The number of carbonyl (C=O) groups excluding carboxylic acids is 2. The number of benzene rings is 2. The van der Waals surface area contributed by atoms with E-state index in [-0.39, 0.29) is 17.3 Å². The van der Waals surface area contributed by atoms with Crippen LogP contribution < -0.4 is 10.6 Å². The second-order valence-electron chi connectivity index (χ2n) is 8.32. The van der Waals surface area contributed by atoms with E-state index in [2.05, 4.69) is 20.6 Å². The van der Waals surface area contributed by atoms with Gasteiger partial charge in [-0.1, -0.05) is 24.3 Å². The topological polar surface area (TPSA) is 117 Å². The molecule has 1 aliphatic heterocycles. The molecule has 0 unspecified atom stereocenters. The van der Waals surface area contributed by atoms with Crippen LogP contribution in [0.5, 0.6) is 0 Å². The van der Waals surface area contributed by atoms with Crippen LogP contribution >= 0.6 is 11.3 Å². The van der Waals surface area contributed by atoms with Gasteiger partial charge in [-0.2, -0.15) is 4.68 Å². The van der Waals surface area contributed by atoms with Crippen LogP contribution in [0, 0.1) is 0 Å². The lowest BCUT2D eigenvalue weighted by Gasteiger charge is -2.15. The van der Waals surface area contributed by atoms with Gasteiger partial charge in [0.15, 0.2) is 5.82 Å². The number of para-hydroxylation sites is 1. The van der Waals surface area contributed by atoms with E-state index in [0.717, 1.165) is 29.9 Å². The zero-order valence-electron chi connectivity index (χ0n) is 18.7. The summed E-state index contributed by atoms with van der Waals surface area (Å²) in [5, 5.41) is 21.1. The van der Waals surface area contributed by atoms with Crippen LogP contribution in [0.15, 0.2) is 60.0 Å². The summed E-state index contributed by atoms with van der Waals surface area (Å²) in [6, 6.07) is 15.8. The fourth-order valence-corrected chi connectivity index (χ4v) is 5.03. The van der Waals surface area contributed by atoms with Crippen molar-refractivity contribution in [3.8, 4) is 0 Å². The van der Waals surface area contributed by atoms with Crippen molar-refractivity contribution >= 4 is 51.0 Å². The summed E-state index contributed by atoms with van der Waals surface area (Å²) >= 11 is 1.21. The Kier molecular flexibility index (Phi) is 6.30. The summed E-state index contributed by atoms with van der Waals surface area (Å²) < 4.78 is 0.830. The molecule has 1 aliphatic rings. The Hall–Kier alpha value is -4.02. The monoisotopic (exact) mass is 489 g/mol. The molecule has 4 aromatic rings. The molecule has 9 nitrogen and oxygen atoms in total. The molecule has 0 aliphatic carbocycles. The van der Waals surface area contributed by atoms with Crippen molar-refractivity contribution in [3.63, 3.8) is 0 Å². The molecule has 0 atom stereocenters. The van der Waals surface area contributed by atoms with Gasteiger partial charge in [0, 0.05) is 12.1 Å². The van der Waals surface area contributed by atoms with Crippen molar-refractivity contribution in [2.24, 2.45) is 0 Å². The summed E-state index contributed by atoms with van der Waals surface area (Å²) in [6.07, 6.45) is 1.22. The summed E-state index contributed by atoms with van der Waals surface area (Å²) in [4.78, 5) is 40.2. The lowest BCUT2D eigenvalue weighted by Crippen LogP contribution is -2.19. The number of carbonyl (C=O) groups is 3. The maximum atomic E-state index is 13.0. The Bertz CT molecular complexity index is 1400. The van der Waals surface area contributed by atoms with Gasteiger partial charge in [-0.25, -0.2) is 4.79 Å². The summed E-state index contributed by atoms with van der Waals surface area (Å²) in [5.41, 5.74) is 2.23. The molecular weight excluding hydrogens is 466 g/mol. The number of aromatic nitrogens is 2. The van der Waals surface area contributed by atoms with E-state index >= 15 is 0 Å². The van der Waals surface area contributed by atoms with Gasteiger partial charge in [0.2, 0.25) is 0 Å². The number of carboxylic acid groups (broad SMARTS) is 1. The minimum atomic E-state index is -1.24. The van der Waals surface area contributed by atoms with Crippen molar-refractivity contribution in [1.82, 2.24) is 14.7 Å². The second-order valence-corrected chi connectivity index (χ2v) is 9.21. The molecule has 0 saturated carbocycles. The predicted molar refractivity (Wildman–Crippen MR) is 134 cm³/mol. The second kappa shape index (κ2) is 9.69. The first-order chi connectivity index (χ1) is 17.0. The zero-order valence-corrected chi connectivity index (χ0v) is 19.5. The highest BCUT2D eigenvalue weighted by Gasteiger charge is 2.20. The van der Waals surface area contributed by atoms with Crippen molar-refractivity contribution in [2.75, 3.05) is 23.7 Å². The third kappa shape index (κ3) is 4.79. The molecule has 2 aromatic heterocycles. The highest BCUT2D eigenvalue weighted by atomic mass is 32.1. The highest BCUT2D eigenvalue weighted by molar-refractivity contribution is 7.17. The van der Waals surface area contributed by atoms with E-state index in [1.54, 1.807) is 47.8 Å². The SMILES string of the molecule is O=C(Nc1ccccc1C(=O)Nc1nn(C(=O)O)c2sccc12)c1ccc(CN2CCCC2)cc1. The quantitative estimate of drug-likeness (QED) is 0.361. The van der Waals surface area contributed by atoms with Crippen molar-refractivity contribution in [2.45, 2.75) is 19.4 Å². The molecule has 3 N–H and O–H groups in total. The molecule has 0 bridgehead atoms. The number of rotatable bonds is 6. The first kappa shape index (κ1) is 22.8. The Morgan fingerprint density at radius 3 is 2.43 bits per heavy atom. The number of nitrogens with one attached hydrogen (secondary N) is 2. The molecule has 5 rings (SSSR count). The average molecular weight is 490 g/mol. The van der Waals surface area contributed by atoms with Crippen LogP contribution in [0.3, 0.4) is 0 Å². The minimum absolute atomic E-state index is 0.142. The zero-order chi connectivity index (χ0) is 24.4. The maximum absolute atomic E-state index is 13.0. The normalized spacial score (nSPS) is 13.7. The first-order valence-electron chi connectivity index (χ1n) is 11.2. The van der Waals surface area contributed by atoms with Gasteiger partial charge in [-0.3, -0.25) is 14.5 Å². The fraction of sp³-hybridized carbons (Fsp3) is 0.200. The number of hydrogen-bond donors (Lipinski definition) is 3. The van der Waals surface area contributed by atoms with Crippen LogP contribution in [-0.2, 0) is 6.54 Å². The van der Waals surface area contributed by atoms with Crippen LogP contribution in [0.4, 0.5) is 16.3 Å². The largest absolute Gasteiger partial charge is 0.463 e. The Balaban J connectivity index is 1.31. The molecule has 2 amide bonds. The number of fused-ring (bicyclic) bond motifs is 1. The minimum Gasteiger partial charge on any atom is -0.463 e. The van der Waals surface area contributed by atoms with Crippen LogP contribution in [-0.4, -0.2) is 50.8 Å². The van der Waals surface area contributed by atoms with E-state index in [1.165, 1.54) is 24.2 Å². The molecule has 1 saturated heterocycles. The van der Waals surface area contributed by atoms with Gasteiger partial charge >= 0.3 is 6.09 Å². The van der Waals surface area contributed by atoms with E-state index in [1.807, 2.05) is 12.1 Å². The molecule has 2 aromatic carbocycles. The molecule has 3 heterocycles. The Morgan fingerprint density at radius 1 is 0.943 bits per heavy atom. The highest BCUT2D eigenvalue weighted by Crippen LogP contribution is 2.28. The summed E-state index contributed by atoms with van der Waals surface area (Å²) in [5.74, 6) is -0.693. The maximum Gasteiger partial charge on any atom is 0.433 e. The smallest absolute Gasteiger partial charge is 0.433 e. The fourth-order valence-electron chi connectivity index (χ4n) is 4.19. The summed E-state index contributed by atoms with van der Waals surface area (Å²) in [7, 11) is 0. The molecule has 0 spiro atoms. The van der Waals surface area contributed by atoms with Gasteiger partial charge in [0.05, 0.1) is 16.6 Å². The van der Waals surface area contributed by atoms with Crippen LogP contribution in [0.1, 0.15) is 39.1 Å². The number of anilines is 2. The summed E-state index contributed by atoms with van der Waals surface area (Å²) in [6.45, 7) is 3.09. The van der Waals surface area contributed by atoms with Crippen molar-refractivity contribution < 1.29 is 19.5 Å². The Morgan fingerprint density at radius 2 is 1.69 bits per heavy atom. The third-order valence-electron chi connectivity index (χ3n) is 5.95. The van der Waals surface area contributed by atoms with Crippen LogP contribution in [0.2, 0.25) is 0 Å². The van der Waals surface area contributed by atoms with Crippen molar-refractivity contribution in [1.29, 1.82) is 0 Å². The molecular formula is C25H23N5O4S. The number of hydrogen-bond acceptors (Lipinski definition) is 6. The van der Waals surface area contributed by atoms with Gasteiger partial charge in [0.25, 0.3) is 11.8 Å². The molecule has 0 radical (unpaired) electrons. The van der Waals surface area contributed by atoms with E-state index < -0.39 is 12.0 Å². The van der Waals surface area contributed by atoms with Crippen LogP contribution in [0.25, 0.3) is 10.2 Å². The lowest BCUT2D eigenvalue weighted by atomic mass is 10.1. The number of likely N-dealkylation sites (tertiary alicyclic amines) is 1. The lowest BCUT2D eigenvalue weighted by molar-refractivity contribution is 0.102. The van der Waals surface area contributed by atoms with Gasteiger partial charge in [0.1, 0.15) is 4.83 Å². The number of amides is 2. The molecule has 178 valence electrons. The number of thiophene rings is 1. The molecule has 10 heteroatoms. The van der Waals surface area contributed by atoms with Gasteiger partial charge in [-0.05, 0) is 67.2 Å².